The third-order valence-electron chi connectivity index (χ3n) is 5.60. The minimum Gasteiger partial charge on any atom is -0.494 e. The van der Waals surface area contributed by atoms with Crippen LogP contribution in [0, 0.1) is 0 Å². The summed E-state index contributed by atoms with van der Waals surface area (Å²) in [6.07, 6.45) is 5.61. The zero-order valence-electron chi connectivity index (χ0n) is 17.1. The zero-order chi connectivity index (χ0) is 19.8. The molecule has 0 aliphatic carbocycles. The molecule has 28 heavy (non-hydrogen) atoms. The largest absolute Gasteiger partial charge is 0.494 e. The predicted octanol–water partition coefficient (Wildman–Crippen LogP) is 2.64. The summed E-state index contributed by atoms with van der Waals surface area (Å²) in [6, 6.07) is 7.43. The van der Waals surface area contributed by atoms with Crippen molar-refractivity contribution in [3.63, 3.8) is 0 Å². The highest BCUT2D eigenvalue weighted by Gasteiger charge is 2.25. The van der Waals surface area contributed by atoms with Gasteiger partial charge < -0.3 is 14.5 Å². The number of rotatable bonds is 7. The average Bonchev–Trinajstić information content (AvgIpc) is 2.75. The van der Waals surface area contributed by atoms with Crippen LogP contribution in [0.5, 0.6) is 5.75 Å². The molecule has 3 rings (SSSR count). The third kappa shape index (κ3) is 5.71. The van der Waals surface area contributed by atoms with Crippen LogP contribution in [0.4, 0.5) is 0 Å². The van der Waals surface area contributed by atoms with Gasteiger partial charge in [0.25, 0.3) is 5.91 Å². The Morgan fingerprint density at radius 1 is 0.893 bits per heavy atom. The molecule has 0 N–H and O–H groups in total. The molecule has 2 fully saturated rings. The highest BCUT2D eigenvalue weighted by molar-refractivity contribution is 5.94. The number of likely N-dealkylation sites (tertiary alicyclic amines) is 1. The molecule has 2 amide bonds. The molecule has 1 aromatic rings. The van der Waals surface area contributed by atoms with Gasteiger partial charge in [0.05, 0.1) is 13.2 Å². The molecule has 0 unspecified atom stereocenters. The summed E-state index contributed by atoms with van der Waals surface area (Å²) in [5.74, 6) is 1.10. The van der Waals surface area contributed by atoms with Gasteiger partial charge in [-0.3, -0.25) is 14.5 Å². The smallest absolute Gasteiger partial charge is 0.253 e. The fraction of sp³-hybridized carbons (Fsp3) is 0.636. The van der Waals surface area contributed by atoms with Crippen molar-refractivity contribution in [2.75, 3.05) is 52.4 Å². The van der Waals surface area contributed by atoms with E-state index in [-0.39, 0.29) is 11.8 Å². The van der Waals surface area contributed by atoms with Gasteiger partial charge in [-0.2, -0.15) is 0 Å². The first-order chi connectivity index (χ1) is 13.7. The van der Waals surface area contributed by atoms with Gasteiger partial charge in [0.15, 0.2) is 0 Å². The Kier molecular flexibility index (Phi) is 7.71. The van der Waals surface area contributed by atoms with E-state index in [0.717, 1.165) is 57.6 Å². The van der Waals surface area contributed by atoms with Crippen LogP contribution >= 0.6 is 0 Å². The second kappa shape index (κ2) is 10.5. The molecular formula is C22H33N3O3. The van der Waals surface area contributed by atoms with Gasteiger partial charge in [0, 0.05) is 44.8 Å². The maximum Gasteiger partial charge on any atom is 0.253 e. The van der Waals surface area contributed by atoms with Crippen molar-refractivity contribution in [2.45, 2.75) is 39.0 Å². The van der Waals surface area contributed by atoms with E-state index in [1.807, 2.05) is 34.1 Å². The van der Waals surface area contributed by atoms with Gasteiger partial charge in [-0.15, -0.1) is 0 Å². The van der Waals surface area contributed by atoms with E-state index in [2.05, 4.69) is 11.8 Å². The highest BCUT2D eigenvalue weighted by atomic mass is 16.5. The van der Waals surface area contributed by atoms with Crippen molar-refractivity contribution in [1.82, 2.24) is 14.7 Å². The van der Waals surface area contributed by atoms with E-state index in [4.69, 9.17) is 4.74 Å². The number of hydrogen-bond donors (Lipinski definition) is 0. The van der Waals surface area contributed by atoms with Crippen LogP contribution in [0.15, 0.2) is 24.3 Å². The van der Waals surface area contributed by atoms with E-state index in [9.17, 15) is 9.59 Å². The van der Waals surface area contributed by atoms with E-state index >= 15 is 0 Å². The van der Waals surface area contributed by atoms with Crippen LogP contribution in [0.1, 0.15) is 49.4 Å². The minimum absolute atomic E-state index is 0.0575. The topological polar surface area (TPSA) is 53.1 Å². The van der Waals surface area contributed by atoms with E-state index in [0.29, 0.717) is 31.8 Å². The zero-order valence-corrected chi connectivity index (χ0v) is 17.1. The number of ether oxygens (including phenoxy) is 1. The lowest BCUT2D eigenvalue weighted by Gasteiger charge is -2.36. The Morgan fingerprint density at radius 2 is 1.57 bits per heavy atom. The molecule has 0 saturated carbocycles. The standard InChI is InChI=1S/C22H33N3O3/c1-2-3-17-28-20-9-7-19(8-10-20)22(27)25-15-13-23(14-16-25)18-21(26)24-11-5-4-6-12-24/h7-10H,2-6,11-18H2,1H3. The second-order valence-electron chi connectivity index (χ2n) is 7.74. The SMILES string of the molecule is CCCCOc1ccc(C(=O)N2CCN(CC(=O)N3CCCCC3)CC2)cc1. The van der Waals surface area contributed by atoms with Crippen LogP contribution in [0.25, 0.3) is 0 Å². The number of carbonyl (C=O) groups is 2. The third-order valence-corrected chi connectivity index (χ3v) is 5.60. The summed E-state index contributed by atoms with van der Waals surface area (Å²) in [6.45, 7) is 7.96. The first kappa shape index (κ1) is 20.6. The van der Waals surface area contributed by atoms with Crippen LogP contribution in [0.3, 0.4) is 0 Å². The number of piperazine rings is 1. The van der Waals surface area contributed by atoms with Crippen LogP contribution in [0.2, 0.25) is 0 Å². The molecule has 2 aliphatic rings. The summed E-state index contributed by atoms with van der Waals surface area (Å²) >= 11 is 0. The quantitative estimate of drug-likeness (QED) is 0.675. The fourth-order valence-electron chi connectivity index (χ4n) is 3.75. The monoisotopic (exact) mass is 387 g/mol. The van der Waals surface area contributed by atoms with E-state index < -0.39 is 0 Å². The van der Waals surface area contributed by atoms with E-state index in [1.165, 1.54) is 6.42 Å². The average molecular weight is 388 g/mol. The molecule has 6 nitrogen and oxygen atoms in total. The van der Waals surface area contributed by atoms with Gasteiger partial charge in [-0.25, -0.2) is 0 Å². The van der Waals surface area contributed by atoms with Gasteiger partial charge in [0.2, 0.25) is 5.91 Å². The molecule has 2 aliphatic heterocycles. The molecule has 0 atom stereocenters. The van der Waals surface area contributed by atoms with Crippen LogP contribution in [-0.2, 0) is 4.79 Å². The van der Waals surface area contributed by atoms with Crippen molar-refractivity contribution in [3.8, 4) is 5.75 Å². The summed E-state index contributed by atoms with van der Waals surface area (Å²) in [4.78, 5) is 31.2. The van der Waals surface area contributed by atoms with Gasteiger partial charge in [-0.05, 0) is 49.9 Å². The Labute approximate surface area is 168 Å². The number of hydrogen-bond acceptors (Lipinski definition) is 4. The summed E-state index contributed by atoms with van der Waals surface area (Å²) < 4.78 is 5.66. The molecule has 0 bridgehead atoms. The Morgan fingerprint density at radius 3 is 2.21 bits per heavy atom. The van der Waals surface area contributed by atoms with Crippen LogP contribution in [-0.4, -0.2) is 78.9 Å². The number of benzene rings is 1. The molecule has 0 radical (unpaired) electrons. The number of carbonyl (C=O) groups excluding carboxylic acids is 2. The highest BCUT2D eigenvalue weighted by Crippen LogP contribution is 2.16. The molecule has 1 aromatic carbocycles. The maximum atomic E-state index is 12.7. The van der Waals surface area contributed by atoms with Crippen molar-refractivity contribution in [3.05, 3.63) is 29.8 Å². The molecular weight excluding hydrogens is 354 g/mol. The predicted molar refractivity (Wildman–Crippen MR) is 110 cm³/mol. The Hall–Kier alpha value is -2.08. The summed E-state index contributed by atoms with van der Waals surface area (Å²) in [7, 11) is 0. The molecule has 0 aromatic heterocycles. The number of unbranched alkanes of at least 4 members (excludes halogenated alkanes) is 1. The second-order valence-corrected chi connectivity index (χ2v) is 7.74. The van der Waals surface area contributed by atoms with Crippen molar-refractivity contribution >= 4 is 11.8 Å². The molecule has 6 heteroatoms. The van der Waals surface area contributed by atoms with E-state index in [1.54, 1.807) is 0 Å². The first-order valence-electron chi connectivity index (χ1n) is 10.7. The lowest BCUT2D eigenvalue weighted by Crippen LogP contribution is -2.52. The van der Waals surface area contributed by atoms with Crippen molar-refractivity contribution in [1.29, 1.82) is 0 Å². The molecule has 2 saturated heterocycles. The summed E-state index contributed by atoms with van der Waals surface area (Å²) in [5, 5.41) is 0. The number of piperidine rings is 1. The molecule has 0 spiro atoms. The van der Waals surface area contributed by atoms with Crippen molar-refractivity contribution < 1.29 is 14.3 Å². The maximum absolute atomic E-state index is 12.7. The number of nitrogens with zero attached hydrogens (tertiary/aromatic N) is 3. The van der Waals surface area contributed by atoms with Gasteiger partial charge in [0.1, 0.15) is 5.75 Å². The van der Waals surface area contributed by atoms with Gasteiger partial charge in [-0.1, -0.05) is 13.3 Å². The van der Waals surface area contributed by atoms with Crippen molar-refractivity contribution in [2.24, 2.45) is 0 Å². The van der Waals surface area contributed by atoms with Gasteiger partial charge >= 0.3 is 0 Å². The molecule has 2 heterocycles. The minimum atomic E-state index is 0.0575. The Balaban J connectivity index is 1.43. The van der Waals surface area contributed by atoms with Crippen LogP contribution < -0.4 is 4.74 Å². The number of amides is 2. The normalized spacial score (nSPS) is 18.2. The lowest BCUT2D eigenvalue weighted by molar-refractivity contribution is -0.133. The molecule has 154 valence electrons. The lowest BCUT2D eigenvalue weighted by atomic mass is 10.1. The first-order valence-corrected chi connectivity index (χ1v) is 10.7. The fourth-order valence-corrected chi connectivity index (χ4v) is 3.75. The summed E-state index contributed by atoms with van der Waals surface area (Å²) in [5.41, 5.74) is 0.695. The Bertz CT molecular complexity index is 633.